The van der Waals surface area contributed by atoms with Crippen molar-refractivity contribution in [3.63, 3.8) is 0 Å². The van der Waals surface area contributed by atoms with Gasteiger partial charge in [0.1, 0.15) is 5.54 Å². The molecule has 3 aromatic rings. The van der Waals surface area contributed by atoms with Crippen LogP contribution in [0.3, 0.4) is 0 Å². The third-order valence-corrected chi connectivity index (χ3v) is 6.28. The SMILES string of the molecule is Cc1cc(Nc2nc(N3CCC4(CC3)NC(=O)CNC4=O)nc3ccsc23)n[nH]1. The summed E-state index contributed by atoms with van der Waals surface area (Å²) >= 11 is 1.57. The Hall–Kier alpha value is -3.21. The van der Waals surface area contributed by atoms with Crippen LogP contribution in [-0.4, -0.2) is 57.2 Å². The molecular formula is C18H20N8O2S. The van der Waals surface area contributed by atoms with Crippen LogP contribution >= 0.6 is 11.3 Å². The quantitative estimate of drug-likeness (QED) is 0.506. The molecule has 11 heteroatoms. The van der Waals surface area contributed by atoms with Gasteiger partial charge in [0.05, 0.1) is 16.8 Å². The highest BCUT2D eigenvalue weighted by Gasteiger charge is 2.45. The van der Waals surface area contributed by atoms with Gasteiger partial charge < -0.3 is 20.9 Å². The number of anilines is 3. The number of thiophene rings is 1. The highest BCUT2D eigenvalue weighted by atomic mass is 32.1. The Labute approximate surface area is 170 Å². The highest BCUT2D eigenvalue weighted by Crippen LogP contribution is 2.32. The van der Waals surface area contributed by atoms with Gasteiger partial charge >= 0.3 is 0 Å². The number of fused-ring (bicyclic) bond motifs is 1. The van der Waals surface area contributed by atoms with Crippen molar-refractivity contribution >= 4 is 51.0 Å². The van der Waals surface area contributed by atoms with E-state index in [1.807, 2.05) is 24.4 Å². The van der Waals surface area contributed by atoms with Crippen LogP contribution in [0.1, 0.15) is 18.5 Å². The zero-order valence-electron chi connectivity index (χ0n) is 15.8. The number of nitrogens with zero attached hydrogens (tertiary/aromatic N) is 4. The number of nitrogens with one attached hydrogen (secondary N) is 4. The molecule has 5 heterocycles. The molecule has 2 fully saturated rings. The fourth-order valence-electron chi connectivity index (χ4n) is 3.82. The van der Waals surface area contributed by atoms with Crippen LogP contribution < -0.4 is 20.9 Å². The Bertz CT molecular complexity index is 1100. The average Bonchev–Trinajstić information content (AvgIpc) is 3.34. The number of H-pyrrole nitrogens is 1. The maximum atomic E-state index is 12.4. The molecule has 0 atom stereocenters. The molecule has 150 valence electrons. The minimum absolute atomic E-state index is 0.0456. The second-order valence-electron chi connectivity index (χ2n) is 7.37. The third kappa shape index (κ3) is 3.16. The minimum atomic E-state index is -0.827. The summed E-state index contributed by atoms with van der Waals surface area (Å²) < 4.78 is 0.960. The number of carbonyl (C=O) groups excluding carboxylic acids is 2. The second-order valence-corrected chi connectivity index (χ2v) is 8.28. The number of aromatic amines is 1. The molecule has 0 aliphatic carbocycles. The number of aromatic nitrogens is 4. The molecule has 2 aliphatic heterocycles. The van der Waals surface area contributed by atoms with E-state index in [-0.39, 0.29) is 18.4 Å². The molecule has 0 aromatic carbocycles. The minimum Gasteiger partial charge on any atom is -0.345 e. The Kier molecular flexibility index (Phi) is 4.12. The Morgan fingerprint density at radius 3 is 2.83 bits per heavy atom. The van der Waals surface area contributed by atoms with E-state index in [0.29, 0.717) is 43.5 Å². The van der Waals surface area contributed by atoms with Crippen LogP contribution in [0.5, 0.6) is 0 Å². The first-order chi connectivity index (χ1) is 14.0. The molecule has 29 heavy (non-hydrogen) atoms. The van der Waals surface area contributed by atoms with Crippen molar-refractivity contribution in [2.24, 2.45) is 0 Å². The van der Waals surface area contributed by atoms with Crippen molar-refractivity contribution in [2.45, 2.75) is 25.3 Å². The van der Waals surface area contributed by atoms with E-state index < -0.39 is 5.54 Å². The summed E-state index contributed by atoms with van der Waals surface area (Å²) in [7, 11) is 0. The molecule has 2 saturated heterocycles. The van der Waals surface area contributed by atoms with Crippen LogP contribution in [-0.2, 0) is 9.59 Å². The van der Waals surface area contributed by atoms with Crippen molar-refractivity contribution in [3.05, 3.63) is 23.2 Å². The van der Waals surface area contributed by atoms with Gasteiger partial charge in [-0.3, -0.25) is 14.7 Å². The van der Waals surface area contributed by atoms with E-state index in [4.69, 9.17) is 9.97 Å². The molecule has 0 radical (unpaired) electrons. The number of piperazine rings is 1. The van der Waals surface area contributed by atoms with E-state index in [2.05, 4.69) is 31.0 Å². The van der Waals surface area contributed by atoms with Gasteiger partial charge in [-0.1, -0.05) is 0 Å². The molecule has 2 amide bonds. The van der Waals surface area contributed by atoms with Gasteiger partial charge in [-0.05, 0) is 31.2 Å². The summed E-state index contributed by atoms with van der Waals surface area (Å²) in [5.41, 5.74) is 0.989. The highest BCUT2D eigenvalue weighted by molar-refractivity contribution is 7.17. The largest absolute Gasteiger partial charge is 0.345 e. The normalized spacial score (nSPS) is 18.7. The third-order valence-electron chi connectivity index (χ3n) is 5.37. The first kappa shape index (κ1) is 17.9. The Balaban J connectivity index is 1.41. The number of amides is 2. The molecule has 0 unspecified atom stereocenters. The van der Waals surface area contributed by atoms with Crippen LogP contribution in [0.4, 0.5) is 17.6 Å². The fraction of sp³-hybridized carbons (Fsp3) is 0.389. The average molecular weight is 412 g/mol. The summed E-state index contributed by atoms with van der Waals surface area (Å²) in [5.74, 6) is 1.75. The predicted molar refractivity (Wildman–Crippen MR) is 109 cm³/mol. The molecular weight excluding hydrogens is 392 g/mol. The molecule has 1 spiro atoms. The van der Waals surface area contributed by atoms with Crippen molar-refractivity contribution < 1.29 is 9.59 Å². The molecule has 2 aliphatic rings. The Morgan fingerprint density at radius 2 is 2.07 bits per heavy atom. The van der Waals surface area contributed by atoms with Crippen molar-refractivity contribution in [1.82, 2.24) is 30.8 Å². The lowest BCUT2D eigenvalue weighted by Crippen LogP contribution is -2.68. The van der Waals surface area contributed by atoms with Gasteiger partial charge in [-0.25, -0.2) is 4.98 Å². The van der Waals surface area contributed by atoms with E-state index in [1.54, 1.807) is 11.3 Å². The van der Waals surface area contributed by atoms with E-state index in [9.17, 15) is 9.59 Å². The summed E-state index contributed by atoms with van der Waals surface area (Å²) in [6.45, 7) is 3.13. The van der Waals surface area contributed by atoms with Gasteiger partial charge in [0.15, 0.2) is 11.6 Å². The molecule has 0 saturated carbocycles. The van der Waals surface area contributed by atoms with Crippen LogP contribution in [0.25, 0.3) is 10.2 Å². The standard InChI is InChI=1S/C18H20N8O2S/c1-10-8-12(25-24-10)21-15-14-11(2-7-29-14)20-17(22-15)26-5-3-18(4-6-26)16(28)19-9-13(27)23-18/h2,7-8H,3-6,9H2,1H3,(H,19,28)(H,23,27)(H2,20,21,22,24,25). The van der Waals surface area contributed by atoms with Gasteiger partial charge in [-0.15, -0.1) is 11.3 Å². The monoisotopic (exact) mass is 412 g/mol. The smallest absolute Gasteiger partial charge is 0.246 e. The zero-order valence-corrected chi connectivity index (χ0v) is 16.6. The van der Waals surface area contributed by atoms with Crippen molar-refractivity contribution in [3.8, 4) is 0 Å². The number of piperidine rings is 1. The van der Waals surface area contributed by atoms with Gasteiger partial charge in [0, 0.05) is 24.8 Å². The first-order valence-electron chi connectivity index (χ1n) is 9.41. The lowest BCUT2D eigenvalue weighted by molar-refractivity contribution is -0.139. The lowest BCUT2D eigenvalue weighted by atomic mass is 9.85. The van der Waals surface area contributed by atoms with E-state index >= 15 is 0 Å². The van der Waals surface area contributed by atoms with Gasteiger partial charge in [0.25, 0.3) is 0 Å². The van der Waals surface area contributed by atoms with Crippen LogP contribution in [0.2, 0.25) is 0 Å². The van der Waals surface area contributed by atoms with Crippen LogP contribution in [0, 0.1) is 6.92 Å². The molecule has 4 N–H and O–H groups in total. The topological polar surface area (TPSA) is 128 Å². The van der Waals surface area contributed by atoms with E-state index in [1.165, 1.54) is 0 Å². The lowest BCUT2D eigenvalue weighted by Gasteiger charge is -2.43. The number of aryl methyl sites for hydroxylation is 1. The number of rotatable bonds is 3. The van der Waals surface area contributed by atoms with Gasteiger partial charge in [-0.2, -0.15) is 10.1 Å². The molecule has 3 aromatic heterocycles. The number of hydrogen-bond donors (Lipinski definition) is 4. The van der Waals surface area contributed by atoms with Crippen LogP contribution in [0.15, 0.2) is 17.5 Å². The molecule has 5 rings (SSSR count). The summed E-state index contributed by atoms with van der Waals surface area (Å²) in [4.78, 5) is 35.7. The van der Waals surface area contributed by atoms with Crippen molar-refractivity contribution in [2.75, 3.05) is 29.9 Å². The first-order valence-corrected chi connectivity index (χ1v) is 10.3. The zero-order chi connectivity index (χ0) is 20.0. The predicted octanol–water partition coefficient (Wildman–Crippen LogP) is 1.05. The second kappa shape index (κ2) is 6.69. The number of carbonyl (C=O) groups is 2. The maximum Gasteiger partial charge on any atom is 0.246 e. The molecule has 0 bridgehead atoms. The Morgan fingerprint density at radius 1 is 1.24 bits per heavy atom. The van der Waals surface area contributed by atoms with Gasteiger partial charge in [0.2, 0.25) is 17.8 Å². The van der Waals surface area contributed by atoms with E-state index in [0.717, 1.165) is 15.9 Å². The maximum absolute atomic E-state index is 12.4. The summed E-state index contributed by atoms with van der Waals surface area (Å²) in [6.07, 6.45) is 1.02. The molecule has 10 nitrogen and oxygen atoms in total. The summed E-state index contributed by atoms with van der Waals surface area (Å²) in [6, 6.07) is 3.88. The van der Waals surface area contributed by atoms with Crippen molar-refractivity contribution in [1.29, 1.82) is 0 Å². The summed E-state index contributed by atoms with van der Waals surface area (Å²) in [5, 5.41) is 18.0. The fourth-order valence-corrected chi connectivity index (χ4v) is 4.59. The number of hydrogen-bond acceptors (Lipinski definition) is 8.